The van der Waals surface area contributed by atoms with E-state index in [1.54, 1.807) is 23.1 Å². The lowest BCUT2D eigenvalue weighted by Crippen LogP contribution is -2.25. The Morgan fingerprint density at radius 2 is 2.28 bits per heavy atom. The second kappa shape index (κ2) is 5.48. The monoisotopic (exact) mass is 284 g/mol. The number of carbonyl (C=O) groups excluding carboxylic acids is 1. The fourth-order valence-electron chi connectivity index (χ4n) is 1.99. The number of amides is 1. The molecule has 18 heavy (non-hydrogen) atoms. The molecule has 0 aliphatic carbocycles. The minimum atomic E-state index is -0.0163. The Kier molecular flexibility index (Phi) is 3.97. The lowest BCUT2D eigenvalue weighted by Gasteiger charge is -2.18. The molecule has 1 aromatic rings. The topological polar surface area (TPSA) is 69.1 Å². The van der Waals surface area contributed by atoms with Crippen molar-refractivity contribution in [3.8, 4) is 0 Å². The van der Waals surface area contributed by atoms with E-state index in [2.05, 4.69) is 10.0 Å². The van der Waals surface area contributed by atoms with Gasteiger partial charge in [-0.05, 0) is 29.6 Å². The lowest BCUT2D eigenvalue weighted by atomic mass is 10.1. The molecule has 1 atom stereocenters. The summed E-state index contributed by atoms with van der Waals surface area (Å²) in [6, 6.07) is 5.02. The van der Waals surface area contributed by atoms with Crippen LogP contribution in [0.4, 0.5) is 5.69 Å². The molecule has 0 saturated carbocycles. The van der Waals surface area contributed by atoms with Crippen LogP contribution in [-0.2, 0) is 4.79 Å². The zero-order valence-electron chi connectivity index (χ0n) is 9.38. The Morgan fingerprint density at radius 3 is 2.94 bits per heavy atom. The lowest BCUT2D eigenvalue weighted by molar-refractivity contribution is -0.117. The molecule has 0 spiro atoms. The van der Waals surface area contributed by atoms with Crippen LogP contribution in [0, 0.1) is 5.92 Å². The highest BCUT2D eigenvalue weighted by atomic mass is 35.5. The number of benzene rings is 1. The maximum atomic E-state index is 11.9. The molecule has 2 rings (SSSR count). The number of halogens is 2. The molecule has 0 N–H and O–H groups in total. The second-order valence-electron chi connectivity index (χ2n) is 4.08. The van der Waals surface area contributed by atoms with Gasteiger partial charge < -0.3 is 4.90 Å². The molecule has 5 nitrogen and oxygen atoms in total. The molecule has 1 aliphatic rings. The van der Waals surface area contributed by atoms with Crippen LogP contribution in [0.5, 0.6) is 0 Å². The van der Waals surface area contributed by atoms with Crippen molar-refractivity contribution in [2.75, 3.05) is 18.0 Å². The van der Waals surface area contributed by atoms with Crippen LogP contribution in [0.2, 0.25) is 10.0 Å². The SMILES string of the molecule is [N-]=[N+]=NCC1CC(=O)N(c2ccc(Cl)cc2Cl)C1. The Labute approximate surface area is 114 Å². The molecule has 1 amide bonds. The van der Waals surface area contributed by atoms with E-state index in [1.165, 1.54) is 0 Å². The van der Waals surface area contributed by atoms with Crippen LogP contribution in [-0.4, -0.2) is 19.0 Å². The molecule has 0 aromatic heterocycles. The summed E-state index contributed by atoms with van der Waals surface area (Å²) in [5, 5.41) is 4.47. The van der Waals surface area contributed by atoms with Crippen LogP contribution < -0.4 is 4.90 Å². The van der Waals surface area contributed by atoms with Crippen molar-refractivity contribution in [2.24, 2.45) is 11.0 Å². The highest BCUT2D eigenvalue weighted by molar-refractivity contribution is 6.36. The van der Waals surface area contributed by atoms with Gasteiger partial charge in [-0.1, -0.05) is 28.3 Å². The molecule has 1 unspecified atom stereocenters. The second-order valence-corrected chi connectivity index (χ2v) is 4.93. The van der Waals surface area contributed by atoms with Gasteiger partial charge in [-0.3, -0.25) is 4.79 Å². The minimum absolute atomic E-state index is 0.0163. The first-order valence-electron chi connectivity index (χ1n) is 5.38. The average Bonchev–Trinajstić information content (AvgIpc) is 2.68. The summed E-state index contributed by atoms with van der Waals surface area (Å²) >= 11 is 11.9. The number of azide groups is 1. The van der Waals surface area contributed by atoms with Crippen molar-refractivity contribution in [3.63, 3.8) is 0 Å². The van der Waals surface area contributed by atoms with Gasteiger partial charge in [0.15, 0.2) is 0 Å². The molecule has 94 valence electrons. The van der Waals surface area contributed by atoms with Gasteiger partial charge in [-0.15, -0.1) is 0 Å². The van der Waals surface area contributed by atoms with Crippen molar-refractivity contribution in [1.82, 2.24) is 0 Å². The van der Waals surface area contributed by atoms with Gasteiger partial charge in [0, 0.05) is 29.4 Å². The minimum Gasteiger partial charge on any atom is -0.311 e. The van der Waals surface area contributed by atoms with Gasteiger partial charge in [0.1, 0.15) is 0 Å². The summed E-state index contributed by atoms with van der Waals surface area (Å²) in [7, 11) is 0. The van der Waals surface area contributed by atoms with Gasteiger partial charge in [0.2, 0.25) is 5.91 Å². The predicted octanol–water partition coefficient (Wildman–Crippen LogP) is 3.66. The third-order valence-electron chi connectivity index (χ3n) is 2.81. The highest BCUT2D eigenvalue weighted by Crippen LogP contribution is 2.33. The molecule has 1 aromatic carbocycles. The van der Waals surface area contributed by atoms with Crippen LogP contribution >= 0.6 is 23.2 Å². The number of rotatable bonds is 3. The van der Waals surface area contributed by atoms with Crippen molar-refractivity contribution in [3.05, 3.63) is 38.7 Å². The van der Waals surface area contributed by atoms with E-state index < -0.39 is 0 Å². The number of hydrogen-bond acceptors (Lipinski definition) is 2. The van der Waals surface area contributed by atoms with Crippen LogP contribution in [0.1, 0.15) is 6.42 Å². The van der Waals surface area contributed by atoms with Crippen molar-refractivity contribution >= 4 is 34.8 Å². The fourth-order valence-corrected chi connectivity index (χ4v) is 2.50. The summed E-state index contributed by atoms with van der Waals surface area (Å²) in [5.74, 6) is 0.0255. The van der Waals surface area contributed by atoms with Gasteiger partial charge in [-0.25, -0.2) is 0 Å². The Balaban J connectivity index is 2.18. The standard InChI is InChI=1S/C11H10Cl2N4O/c12-8-1-2-10(9(13)4-8)17-6-7(3-11(17)18)5-15-16-14/h1-2,4,7H,3,5-6H2. The maximum Gasteiger partial charge on any atom is 0.227 e. The zero-order valence-corrected chi connectivity index (χ0v) is 10.9. The van der Waals surface area contributed by atoms with E-state index in [-0.39, 0.29) is 11.8 Å². The van der Waals surface area contributed by atoms with Gasteiger partial charge in [0.25, 0.3) is 0 Å². The van der Waals surface area contributed by atoms with Crippen LogP contribution in [0.25, 0.3) is 10.4 Å². The third kappa shape index (κ3) is 2.70. The summed E-state index contributed by atoms with van der Waals surface area (Å²) in [6.07, 6.45) is 0.373. The molecule has 0 radical (unpaired) electrons. The molecule has 7 heteroatoms. The Hall–Kier alpha value is -1.42. The summed E-state index contributed by atoms with van der Waals surface area (Å²) in [5.41, 5.74) is 8.92. The number of carbonyl (C=O) groups is 1. The Morgan fingerprint density at radius 1 is 1.50 bits per heavy atom. The third-order valence-corrected chi connectivity index (χ3v) is 3.35. The summed E-state index contributed by atoms with van der Waals surface area (Å²) in [4.78, 5) is 16.2. The average molecular weight is 285 g/mol. The first-order valence-corrected chi connectivity index (χ1v) is 6.13. The van der Waals surface area contributed by atoms with Gasteiger partial charge >= 0.3 is 0 Å². The van der Waals surface area contributed by atoms with Gasteiger partial charge in [0.05, 0.1) is 10.7 Å². The van der Waals surface area contributed by atoms with Crippen LogP contribution in [0.3, 0.4) is 0 Å². The first kappa shape index (κ1) is 13.0. The largest absolute Gasteiger partial charge is 0.311 e. The highest BCUT2D eigenvalue weighted by Gasteiger charge is 2.31. The molecule has 1 fully saturated rings. The van der Waals surface area contributed by atoms with E-state index >= 15 is 0 Å². The molecule has 1 saturated heterocycles. The summed E-state index contributed by atoms with van der Waals surface area (Å²) < 4.78 is 0. The fraction of sp³-hybridized carbons (Fsp3) is 0.364. The molecular weight excluding hydrogens is 275 g/mol. The quantitative estimate of drug-likeness (QED) is 0.474. The van der Waals surface area contributed by atoms with E-state index in [0.29, 0.717) is 35.2 Å². The van der Waals surface area contributed by atoms with Crippen LogP contribution in [0.15, 0.2) is 23.3 Å². The van der Waals surface area contributed by atoms with E-state index in [9.17, 15) is 4.79 Å². The van der Waals surface area contributed by atoms with E-state index in [1.807, 2.05) is 0 Å². The number of nitrogens with zero attached hydrogens (tertiary/aromatic N) is 4. The molecule has 0 bridgehead atoms. The van der Waals surface area contributed by atoms with Crippen molar-refractivity contribution < 1.29 is 4.79 Å². The van der Waals surface area contributed by atoms with E-state index in [0.717, 1.165) is 0 Å². The number of anilines is 1. The maximum absolute atomic E-state index is 11.9. The van der Waals surface area contributed by atoms with Gasteiger partial charge in [-0.2, -0.15) is 0 Å². The predicted molar refractivity (Wildman–Crippen MR) is 70.9 cm³/mol. The smallest absolute Gasteiger partial charge is 0.227 e. The number of hydrogen-bond donors (Lipinski definition) is 0. The normalized spacial score (nSPS) is 18.9. The molecule has 1 heterocycles. The summed E-state index contributed by atoms with van der Waals surface area (Å²) in [6.45, 7) is 0.836. The van der Waals surface area contributed by atoms with E-state index in [4.69, 9.17) is 28.7 Å². The Bertz CT molecular complexity index is 528. The first-order chi connectivity index (χ1) is 8.61. The van der Waals surface area contributed by atoms with Crippen molar-refractivity contribution in [2.45, 2.75) is 6.42 Å². The zero-order chi connectivity index (χ0) is 13.1. The molecular formula is C11H10Cl2N4O. The van der Waals surface area contributed by atoms with Crippen molar-refractivity contribution in [1.29, 1.82) is 0 Å². The molecule has 1 aliphatic heterocycles.